The highest BCUT2D eigenvalue weighted by Gasteiger charge is 2.25. The van der Waals surface area contributed by atoms with Gasteiger partial charge in [0.2, 0.25) is 0 Å². The summed E-state index contributed by atoms with van der Waals surface area (Å²) in [5.74, 6) is -0.364. The zero-order valence-electron chi connectivity index (χ0n) is 31.3. The number of carbonyl (C=O) groups is 1. The molecule has 0 amide bonds. The fraction of sp³-hybridized carbons (Fsp3) is 0.634. The van der Waals surface area contributed by atoms with Gasteiger partial charge in [-0.15, -0.1) is 0 Å². The van der Waals surface area contributed by atoms with E-state index in [1.54, 1.807) is 0 Å². The van der Waals surface area contributed by atoms with E-state index in [-0.39, 0.29) is 38.8 Å². The number of rotatable bonds is 35. The molecule has 0 aromatic rings. The normalized spacial score (nSPS) is 14.6. The van der Waals surface area contributed by atoms with E-state index < -0.39 is 13.9 Å². The van der Waals surface area contributed by atoms with Gasteiger partial charge < -0.3 is 20.1 Å². The standard InChI is InChI=1S/C41H70NO7P/c1-3-5-7-9-11-13-15-17-19-21-23-25-27-29-31-33-36-46-38-40(39-48-50(44,45)47-37-35-42)49-41(43)34-32-30-28-26-24-22-20-18-16-14-12-10-8-6-4-2/h5-8,11-14,17-20,23,25,40H,3-4,9-10,15-16,21-22,24,26-39,42H2,1-2H3,(H,44,45)/b7-5-,8-6-,13-11-,14-12-,19-17-,20-18-,25-23-. The van der Waals surface area contributed by atoms with E-state index in [4.69, 9.17) is 24.3 Å². The fourth-order valence-electron chi connectivity index (χ4n) is 4.59. The van der Waals surface area contributed by atoms with E-state index in [9.17, 15) is 14.3 Å². The molecule has 0 fully saturated rings. The van der Waals surface area contributed by atoms with Gasteiger partial charge in [-0.1, -0.05) is 125 Å². The molecule has 2 unspecified atom stereocenters. The quantitative estimate of drug-likeness (QED) is 0.0288. The fourth-order valence-corrected chi connectivity index (χ4v) is 5.35. The van der Waals surface area contributed by atoms with Crippen molar-refractivity contribution in [1.82, 2.24) is 0 Å². The van der Waals surface area contributed by atoms with Gasteiger partial charge in [0.25, 0.3) is 0 Å². The maximum Gasteiger partial charge on any atom is 0.472 e. The van der Waals surface area contributed by atoms with E-state index in [1.807, 2.05) is 0 Å². The summed E-state index contributed by atoms with van der Waals surface area (Å²) in [6, 6.07) is 0. The average Bonchev–Trinajstić information content (AvgIpc) is 3.10. The summed E-state index contributed by atoms with van der Waals surface area (Å²) in [4.78, 5) is 22.4. The van der Waals surface area contributed by atoms with Crippen LogP contribution in [0.3, 0.4) is 0 Å². The van der Waals surface area contributed by atoms with Crippen LogP contribution in [0.5, 0.6) is 0 Å². The molecular weight excluding hydrogens is 649 g/mol. The van der Waals surface area contributed by atoms with Crippen LogP contribution in [0.4, 0.5) is 0 Å². The van der Waals surface area contributed by atoms with Crippen molar-refractivity contribution in [2.75, 3.05) is 33.0 Å². The second kappa shape index (κ2) is 37.9. The molecule has 0 spiro atoms. The van der Waals surface area contributed by atoms with Gasteiger partial charge in [-0.05, 0) is 83.5 Å². The molecule has 50 heavy (non-hydrogen) atoms. The van der Waals surface area contributed by atoms with Gasteiger partial charge in [-0.25, -0.2) is 4.57 Å². The molecule has 0 aliphatic heterocycles. The second-order valence-corrected chi connectivity index (χ2v) is 13.5. The molecule has 0 aromatic carbocycles. The topological polar surface area (TPSA) is 117 Å². The molecule has 0 bridgehead atoms. The molecular formula is C41H70NO7P. The molecule has 0 saturated carbocycles. The van der Waals surface area contributed by atoms with Crippen LogP contribution in [0.1, 0.15) is 129 Å². The summed E-state index contributed by atoms with van der Waals surface area (Å²) < 4.78 is 33.3. The summed E-state index contributed by atoms with van der Waals surface area (Å²) >= 11 is 0. The van der Waals surface area contributed by atoms with Gasteiger partial charge in [0, 0.05) is 19.6 Å². The Bertz CT molecular complexity index is 1030. The van der Waals surface area contributed by atoms with Crippen LogP contribution in [-0.2, 0) is 27.9 Å². The molecule has 0 aliphatic carbocycles. The Morgan fingerprint density at radius 3 is 1.58 bits per heavy atom. The number of phosphoric ester groups is 1. The van der Waals surface area contributed by atoms with Gasteiger partial charge >= 0.3 is 13.8 Å². The minimum atomic E-state index is -4.29. The Morgan fingerprint density at radius 1 is 0.600 bits per heavy atom. The number of hydrogen-bond donors (Lipinski definition) is 2. The van der Waals surface area contributed by atoms with Crippen molar-refractivity contribution < 1.29 is 32.8 Å². The second-order valence-electron chi connectivity index (χ2n) is 12.0. The van der Waals surface area contributed by atoms with Gasteiger partial charge in [0.05, 0.1) is 19.8 Å². The van der Waals surface area contributed by atoms with Crippen molar-refractivity contribution in [3.63, 3.8) is 0 Å². The summed E-state index contributed by atoms with van der Waals surface area (Å²) in [5.41, 5.74) is 5.35. The lowest BCUT2D eigenvalue weighted by molar-refractivity contribution is -0.154. The zero-order valence-corrected chi connectivity index (χ0v) is 32.2. The third-order valence-electron chi connectivity index (χ3n) is 7.31. The smallest absolute Gasteiger partial charge is 0.457 e. The van der Waals surface area contributed by atoms with Crippen molar-refractivity contribution in [2.45, 2.75) is 136 Å². The molecule has 9 heteroatoms. The number of carbonyl (C=O) groups excluding carboxylic acids is 1. The summed E-state index contributed by atoms with van der Waals surface area (Å²) in [6.07, 6.45) is 47.4. The first-order chi connectivity index (χ1) is 24.4. The largest absolute Gasteiger partial charge is 0.472 e. The molecule has 0 saturated heterocycles. The first-order valence-corrected chi connectivity index (χ1v) is 20.6. The highest BCUT2D eigenvalue weighted by Crippen LogP contribution is 2.43. The maximum absolute atomic E-state index is 12.5. The Balaban J connectivity index is 4.21. The average molecular weight is 720 g/mol. The maximum atomic E-state index is 12.5. The SMILES string of the molecule is CC/C=C\C/C=C\C/C=C\C/C=C\CCCCCOCC(COP(=O)(O)OCCN)OC(=O)CCCCCCC/C=C\C/C=C\C/C=C\CC. The van der Waals surface area contributed by atoms with E-state index in [0.29, 0.717) is 6.61 Å². The molecule has 2 atom stereocenters. The monoisotopic (exact) mass is 719 g/mol. The molecule has 286 valence electrons. The lowest BCUT2D eigenvalue weighted by atomic mass is 10.1. The van der Waals surface area contributed by atoms with Gasteiger partial charge in [0.1, 0.15) is 6.10 Å². The van der Waals surface area contributed by atoms with Crippen molar-refractivity contribution in [1.29, 1.82) is 0 Å². The lowest BCUT2D eigenvalue weighted by Gasteiger charge is -2.20. The summed E-state index contributed by atoms with van der Waals surface area (Å²) in [7, 11) is -4.29. The molecule has 0 radical (unpaired) electrons. The third-order valence-corrected chi connectivity index (χ3v) is 8.29. The third kappa shape index (κ3) is 36.9. The highest BCUT2D eigenvalue weighted by molar-refractivity contribution is 7.47. The first kappa shape index (κ1) is 47.7. The van der Waals surface area contributed by atoms with Gasteiger partial charge in [-0.3, -0.25) is 13.8 Å². The Hall–Kier alpha value is -2.32. The number of nitrogens with two attached hydrogens (primary N) is 1. The number of allylic oxidation sites excluding steroid dienone is 14. The van der Waals surface area contributed by atoms with Crippen LogP contribution < -0.4 is 5.73 Å². The Kier molecular flexibility index (Phi) is 36.2. The summed E-state index contributed by atoms with van der Waals surface area (Å²) in [6.45, 7) is 4.55. The van der Waals surface area contributed by atoms with Crippen LogP contribution in [0.25, 0.3) is 0 Å². The van der Waals surface area contributed by atoms with Crippen LogP contribution in [0.15, 0.2) is 85.1 Å². The van der Waals surface area contributed by atoms with Crippen LogP contribution in [0, 0.1) is 0 Å². The molecule has 0 heterocycles. The van der Waals surface area contributed by atoms with Crippen LogP contribution in [0.2, 0.25) is 0 Å². The van der Waals surface area contributed by atoms with Gasteiger partial charge in [-0.2, -0.15) is 0 Å². The van der Waals surface area contributed by atoms with Crippen molar-refractivity contribution in [3.8, 4) is 0 Å². The van der Waals surface area contributed by atoms with Crippen molar-refractivity contribution >= 4 is 13.8 Å². The van der Waals surface area contributed by atoms with Crippen LogP contribution >= 0.6 is 7.82 Å². The van der Waals surface area contributed by atoms with Crippen molar-refractivity contribution in [2.24, 2.45) is 5.73 Å². The molecule has 8 nitrogen and oxygen atoms in total. The zero-order chi connectivity index (χ0) is 36.6. The Labute approximate surface area is 305 Å². The van der Waals surface area contributed by atoms with Crippen molar-refractivity contribution in [3.05, 3.63) is 85.1 Å². The van der Waals surface area contributed by atoms with E-state index in [0.717, 1.165) is 109 Å². The Morgan fingerprint density at radius 2 is 1.06 bits per heavy atom. The highest BCUT2D eigenvalue weighted by atomic mass is 31.2. The van der Waals surface area contributed by atoms with Gasteiger partial charge in [0.15, 0.2) is 0 Å². The first-order valence-electron chi connectivity index (χ1n) is 19.1. The lowest BCUT2D eigenvalue weighted by Crippen LogP contribution is -2.28. The molecule has 0 aliphatic rings. The minimum absolute atomic E-state index is 0.0821. The minimum Gasteiger partial charge on any atom is -0.457 e. The number of phosphoric acid groups is 1. The van der Waals surface area contributed by atoms with Crippen LogP contribution in [-0.4, -0.2) is 49.9 Å². The van der Waals surface area contributed by atoms with E-state index in [2.05, 4.69) is 98.9 Å². The molecule has 0 rings (SSSR count). The number of esters is 1. The molecule has 0 aromatic heterocycles. The summed E-state index contributed by atoms with van der Waals surface area (Å²) in [5, 5.41) is 0. The molecule has 3 N–H and O–H groups in total. The number of ether oxygens (including phenoxy) is 2. The number of unbranched alkanes of at least 4 members (excludes halogenated alkanes) is 8. The van der Waals surface area contributed by atoms with E-state index >= 15 is 0 Å². The van der Waals surface area contributed by atoms with E-state index in [1.165, 1.54) is 0 Å². The number of hydrogen-bond acceptors (Lipinski definition) is 7. The predicted octanol–water partition coefficient (Wildman–Crippen LogP) is 11.0. The predicted molar refractivity (Wildman–Crippen MR) is 210 cm³/mol.